The highest BCUT2D eigenvalue weighted by molar-refractivity contribution is 4.99. The van der Waals surface area contributed by atoms with Crippen LogP contribution in [-0.4, -0.2) is 0 Å². The lowest BCUT2D eigenvalue weighted by molar-refractivity contribution is 0.480. The Kier molecular flexibility index (Phi) is 3.66. The van der Waals surface area contributed by atoms with Crippen LogP contribution in [0.25, 0.3) is 0 Å². The van der Waals surface area contributed by atoms with Gasteiger partial charge in [-0.2, -0.15) is 0 Å². The van der Waals surface area contributed by atoms with Crippen molar-refractivity contribution >= 4 is 0 Å². The van der Waals surface area contributed by atoms with Gasteiger partial charge in [-0.25, -0.2) is 0 Å². The summed E-state index contributed by atoms with van der Waals surface area (Å²) in [5, 5.41) is 0. The molecule has 0 spiro atoms. The Morgan fingerprint density at radius 3 is 1.67 bits per heavy atom. The Balaban J connectivity index is 1.56. The molecule has 0 N–H and O–H groups in total. The Bertz CT molecular complexity index is 310. The average Bonchev–Trinajstić information content (AvgIpc) is 2.88. The minimum atomic E-state index is 1.05. The van der Waals surface area contributed by atoms with Gasteiger partial charge >= 0.3 is 0 Å². The Morgan fingerprint density at radius 2 is 1.27 bits per heavy atom. The molecule has 0 atom stereocenters. The van der Waals surface area contributed by atoms with Crippen LogP contribution in [0.3, 0.4) is 0 Å². The third kappa shape index (κ3) is 3.31. The minimum absolute atomic E-state index is 1.05. The molecule has 2 aromatic rings. The first-order chi connectivity index (χ1) is 7.45. The molecule has 2 nitrogen and oxygen atoms in total. The molecule has 80 valence electrons. The summed E-state index contributed by atoms with van der Waals surface area (Å²) < 4.78 is 10.5. The van der Waals surface area contributed by atoms with Gasteiger partial charge in [0.1, 0.15) is 11.5 Å². The third-order valence-electron chi connectivity index (χ3n) is 2.51. The number of aryl methyl sites for hydroxylation is 2. The van der Waals surface area contributed by atoms with Crippen LogP contribution >= 0.6 is 0 Å². The first-order valence-electron chi connectivity index (χ1n) is 5.50. The van der Waals surface area contributed by atoms with E-state index in [2.05, 4.69) is 0 Å². The second-order valence-electron chi connectivity index (χ2n) is 3.72. The van der Waals surface area contributed by atoms with E-state index >= 15 is 0 Å². The smallest absolute Gasteiger partial charge is 0.103 e. The molecule has 0 unspecified atom stereocenters. The standard InChI is InChI=1S/C13H16O2/c1(2-6-12-8-4-10-14-12)3-7-13-9-5-11-15-13/h4-5,8-11H,1-3,6-7H2. The van der Waals surface area contributed by atoms with Gasteiger partial charge in [0.15, 0.2) is 0 Å². The predicted octanol–water partition coefficient (Wildman–Crippen LogP) is 3.83. The van der Waals surface area contributed by atoms with Crippen LogP contribution in [0.15, 0.2) is 45.6 Å². The predicted molar refractivity (Wildman–Crippen MR) is 58.7 cm³/mol. The molecule has 0 aliphatic rings. The zero-order valence-corrected chi connectivity index (χ0v) is 8.82. The van der Waals surface area contributed by atoms with Crippen LogP contribution in [0.1, 0.15) is 30.8 Å². The molecule has 15 heavy (non-hydrogen) atoms. The molecule has 0 radical (unpaired) electrons. The van der Waals surface area contributed by atoms with Crippen molar-refractivity contribution in [1.29, 1.82) is 0 Å². The molecular weight excluding hydrogens is 188 g/mol. The van der Waals surface area contributed by atoms with Crippen molar-refractivity contribution < 1.29 is 8.83 Å². The van der Waals surface area contributed by atoms with Crippen molar-refractivity contribution in [3.63, 3.8) is 0 Å². The van der Waals surface area contributed by atoms with Crippen molar-refractivity contribution in [2.75, 3.05) is 0 Å². The Labute approximate surface area is 89.9 Å². The summed E-state index contributed by atoms with van der Waals surface area (Å²) in [5.74, 6) is 2.18. The van der Waals surface area contributed by atoms with Crippen molar-refractivity contribution in [2.45, 2.75) is 32.1 Å². The number of hydrogen-bond donors (Lipinski definition) is 0. The van der Waals surface area contributed by atoms with Gasteiger partial charge in [-0.3, -0.25) is 0 Å². The molecule has 2 aromatic heterocycles. The van der Waals surface area contributed by atoms with Gasteiger partial charge in [0.05, 0.1) is 12.5 Å². The lowest BCUT2D eigenvalue weighted by Gasteiger charge is -1.98. The first kappa shape index (κ1) is 10.1. The summed E-state index contributed by atoms with van der Waals surface area (Å²) in [6.07, 6.45) is 9.16. The fourth-order valence-corrected chi connectivity index (χ4v) is 1.68. The number of hydrogen-bond acceptors (Lipinski definition) is 2. The van der Waals surface area contributed by atoms with E-state index in [1.165, 1.54) is 19.3 Å². The van der Waals surface area contributed by atoms with Crippen molar-refractivity contribution in [3.05, 3.63) is 48.3 Å². The zero-order valence-electron chi connectivity index (χ0n) is 8.82. The monoisotopic (exact) mass is 204 g/mol. The molecule has 0 aromatic carbocycles. The Hall–Kier alpha value is -1.44. The molecule has 2 heterocycles. The minimum Gasteiger partial charge on any atom is -0.469 e. The second kappa shape index (κ2) is 5.44. The van der Waals surface area contributed by atoms with E-state index in [0.717, 1.165) is 24.4 Å². The van der Waals surface area contributed by atoms with E-state index in [1.54, 1.807) is 12.5 Å². The van der Waals surface area contributed by atoms with Gasteiger partial charge in [0.25, 0.3) is 0 Å². The van der Waals surface area contributed by atoms with Crippen LogP contribution in [0, 0.1) is 0 Å². The fourth-order valence-electron chi connectivity index (χ4n) is 1.68. The molecule has 0 amide bonds. The fraction of sp³-hybridized carbons (Fsp3) is 0.385. The molecule has 0 saturated heterocycles. The summed E-state index contributed by atoms with van der Waals surface area (Å²) in [6, 6.07) is 7.95. The summed E-state index contributed by atoms with van der Waals surface area (Å²) >= 11 is 0. The van der Waals surface area contributed by atoms with E-state index in [0.29, 0.717) is 0 Å². The lowest BCUT2D eigenvalue weighted by Crippen LogP contribution is -1.86. The summed E-state index contributed by atoms with van der Waals surface area (Å²) in [6.45, 7) is 0. The van der Waals surface area contributed by atoms with Crippen LogP contribution in [-0.2, 0) is 12.8 Å². The van der Waals surface area contributed by atoms with Crippen LogP contribution in [0.5, 0.6) is 0 Å². The first-order valence-corrected chi connectivity index (χ1v) is 5.50. The van der Waals surface area contributed by atoms with E-state index in [1.807, 2.05) is 24.3 Å². The summed E-state index contributed by atoms with van der Waals surface area (Å²) in [4.78, 5) is 0. The second-order valence-corrected chi connectivity index (χ2v) is 3.72. The lowest BCUT2D eigenvalue weighted by atomic mass is 10.1. The third-order valence-corrected chi connectivity index (χ3v) is 2.51. The van der Waals surface area contributed by atoms with Crippen molar-refractivity contribution in [2.24, 2.45) is 0 Å². The highest BCUT2D eigenvalue weighted by atomic mass is 16.3. The maximum atomic E-state index is 5.27. The quantitative estimate of drug-likeness (QED) is 0.668. The van der Waals surface area contributed by atoms with E-state index in [4.69, 9.17) is 8.83 Å². The molecule has 0 aliphatic heterocycles. The molecule has 2 rings (SSSR count). The van der Waals surface area contributed by atoms with Gasteiger partial charge in [0.2, 0.25) is 0 Å². The molecule has 0 fully saturated rings. The largest absolute Gasteiger partial charge is 0.469 e. The highest BCUT2D eigenvalue weighted by Crippen LogP contribution is 2.10. The van der Waals surface area contributed by atoms with E-state index in [9.17, 15) is 0 Å². The number of furan rings is 2. The molecule has 0 aliphatic carbocycles. The summed E-state index contributed by atoms with van der Waals surface area (Å²) in [7, 11) is 0. The zero-order chi connectivity index (χ0) is 10.3. The van der Waals surface area contributed by atoms with Gasteiger partial charge < -0.3 is 8.83 Å². The molecular formula is C13H16O2. The SMILES string of the molecule is c1coc(CCCCCc2ccco2)c1. The van der Waals surface area contributed by atoms with E-state index in [-0.39, 0.29) is 0 Å². The molecule has 2 heteroatoms. The van der Waals surface area contributed by atoms with Gasteiger partial charge in [0, 0.05) is 12.8 Å². The molecule has 0 saturated carbocycles. The number of rotatable bonds is 6. The van der Waals surface area contributed by atoms with Crippen molar-refractivity contribution in [1.82, 2.24) is 0 Å². The van der Waals surface area contributed by atoms with Crippen LogP contribution in [0.4, 0.5) is 0 Å². The average molecular weight is 204 g/mol. The maximum absolute atomic E-state index is 5.27. The van der Waals surface area contributed by atoms with Crippen molar-refractivity contribution in [3.8, 4) is 0 Å². The van der Waals surface area contributed by atoms with Gasteiger partial charge in [-0.1, -0.05) is 6.42 Å². The van der Waals surface area contributed by atoms with Crippen LogP contribution < -0.4 is 0 Å². The molecule has 0 bridgehead atoms. The maximum Gasteiger partial charge on any atom is 0.103 e. The highest BCUT2D eigenvalue weighted by Gasteiger charge is 1.97. The van der Waals surface area contributed by atoms with E-state index < -0.39 is 0 Å². The topological polar surface area (TPSA) is 26.3 Å². The number of unbranched alkanes of at least 4 members (excludes halogenated alkanes) is 2. The van der Waals surface area contributed by atoms with Crippen LogP contribution in [0.2, 0.25) is 0 Å². The van der Waals surface area contributed by atoms with Gasteiger partial charge in [-0.15, -0.1) is 0 Å². The summed E-state index contributed by atoms with van der Waals surface area (Å²) in [5.41, 5.74) is 0. The van der Waals surface area contributed by atoms with Gasteiger partial charge in [-0.05, 0) is 37.1 Å². The normalized spacial score (nSPS) is 10.7. The Morgan fingerprint density at radius 1 is 0.733 bits per heavy atom.